The molecule has 0 aromatic heterocycles. The summed E-state index contributed by atoms with van der Waals surface area (Å²) < 4.78 is 0. The molecule has 90 valence electrons. The zero-order chi connectivity index (χ0) is 11.5. The molecule has 1 atom stereocenters. The SMILES string of the molecule is CC(C)(C)N1CCN(C(CN)CO)CC1. The molecule has 0 aromatic carbocycles. The highest BCUT2D eigenvalue weighted by molar-refractivity contribution is 4.84. The predicted molar refractivity (Wildman–Crippen MR) is 62.8 cm³/mol. The smallest absolute Gasteiger partial charge is 0.0599 e. The summed E-state index contributed by atoms with van der Waals surface area (Å²) in [6, 6.07) is 0.145. The highest BCUT2D eigenvalue weighted by atomic mass is 16.3. The summed E-state index contributed by atoms with van der Waals surface area (Å²) >= 11 is 0. The third-order valence-electron chi connectivity index (χ3n) is 3.26. The zero-order valence-corrected chi connectivity index (χ0v) is 10.2. The van der Waals surface area contributed by atoms with Gasteiger partial charge in [-0.2, -0.15) is 0 Å². The van der Waals surface area contributed by atoms with E-state index < -0.39 is 0 Å². The van der Waals surface area contributed by atoms with E-state index in [1.54, 1.807) is 0 Å². The minimum atomic E-state index is 0.145. The lowest BCUT2D eigenvalue weighted by Gasteiger charge is -2.44. The standard InChI is InChI=1S/C11H25N3O/c1-11(2,3)14-6-4-13(5-7-14)10(8-12)9-15/h10,15H,4-9,12H2,1-3H3. The van der Waals surface area contributed by atoms with Crippen molar-refractivity contribution in [1.82, 2.24) is 9.80 Å². The molecule has 0 amide bonds. The fourth-order valence-corrected chi connectivity index (χ4v) is 2.10. The van der Waals surface area contributed by atoms with Crippen LogP contribution in [0.2, 0.25) is 0 Å². The van der Waals surface area contributed by atoms with Gasteiger partial charge in [-0.3, -0.25) is 9.80 Å². The maximum Gasteiger partial charge on any atom is 0.0599 e. The molecule has 0 aromatic rings. The quantitative estimate of drug-likeness (QED) is 0.680. The summed E-state index contributed by atoms with van der Waals surface area (Å²) in [5, 5.41) is 9.17. The lowest BCUT2D eigenvalue weighted by Crippen LogP contribution is -2.57. The number of nitrogens with two attached hydrogens (primary N) is 1. The molecule has 1 saturated heterocycles. The summed E-state index contributed by atoms with van der Waals surface area (Å²) in [5.41, 5.74) is 5.87. The van der Waals surface area contributed by atoms with E-state index >= 15 is 0 Å². The van der Waals surface area contributed by atoms with Crippen LogP contribution in [-0.4, -0.2) is 65.8 Å². The van der Waals surface area contributed by atoms with Crippen molar-refractivity contribution in [2.24, 2.45) is 5.73 Å². The van der Waals surface area contributed by atoms with E-state index in [-0.39, 0.29) is 18.2 Å². The summed E-state index contributed by atoms with van der Waals surface area (Å²) in [6.07, 6.45) is 0. The van der Waals surface area contributed by atoms with Crippen LogP contribution in [0.15, 0.2) is 0 Å². The van der Waals surface area contributed by atoms with E-state index in [4.69, 9.17) is 10.8 Å². The molecule has 1 aliphatic heterocycles. The second kappa shape index (κ2) is 5.25. The Bertz CT molecular complexity index is 179. The van der Waals surface area contributed by atoms with Gasteiger partial charge in [0.25, 0.3) is 0 Å². The van der Waals surface area contributed by atoms with Gasteiger partial charge < -0.3 is 10.8 Å². The highest BCUT2D eigenvalue weighted by Gasteiger charge is 2.28. The first-order valence-corrected chi connectivity index (χ1v) is 5.79. The molecule has 0 radical (unpaired) electrons. The molecule has 1 unspecified atom stereocenters. The maximum atomic E-state index is 9.17. The van der Waals surface area contributed by atoms with Gasteiger partial charge in [0.15, 0.2) is 0 Å². The number of aliphatic hydroxyl groups excluding tert-OH is 1. The molecule has 1 heterocycles. The largest absolute Gasteiger partial charge is 0.395 e. The Hall–Kier alpha value is -0.160. The molecule has 0 aliphatic carbocycles. The minimum Gasteiger partial charge on any atom is -0.395 e. The molecule has 4 heteroatoms. The third-order valence-corrected chi connectivity index (χ3v) is 3.26. The van der Waals surface area contributed by atoms with Crippen LogP contribution in [0.3, 0.4) is 0 Å². The van der Waals surface area contributed by atoms with Gasteiger partial charge in [-0.05, 0) is 20.8 Å². The van der Waals surface area contributed by atoms with E-state index in [1.807, 2.05) is 0 Å². The average Bonchev–Trinajstić information content (AvgIpc) is 2.19. The summed E-state index contributed by atoms with van der Waals surface area (Å²) in [7, 11) is 0. The van der Waals surface area contributed by atoms with Gasteiger partial charge in [-0.15, -0.1) is 0 Å². The molecular weight excluding hydrogens is 190 g/mol. The number of rotatable bonds is 3. The Morgan fingerprint density at radius 2 is 1.73 bits per heavy atom. The van der Waals surface area contributed by atoms with Gasteiger partial charge in [-0.1, -0.05) is 0 Å². The average molecular weight is 215 g/mol. The third kappa shape index (κ3) is 3.41. The summed E-state index contributed by atoms with van der Waals surface area (Å²) in [5.74, 6) is 0. The fraction of sp³-hybridized carbons (Fsp3) is 1.00. The summed E-state index contributed by atoms with van der Waals surface area (Å²) in [4.78, 5) is 4.77. The van der Waals surface area contributed by atoms with E-state index in [0.29, 0.717) is 6.54 Å². The van der Waals surface area contributed by atoms with Crippen LogP contribution >= 0.6 is 0 Å². The first kappa shape index (κ1) is 12.9. The monoisotopic (exact) mass is 215 g/mol. The van der Waals surface area contributed by atoms with Crippen molar-refractivity contribution in [3.05, 3.63) is 0 Å². The van der Waals surface area contributed by atoms with Crippen LogP contribution in [-0.2, 0) is 0 Å². The van der Waals surface area contributed by atoms with Crippen LogP contribution in [0.25, 0.3) is 0 Å². The Morgan fingerprint density at radius 3 is 2.07 bits per heavy atom. The first-order valence-electron chi connectivity index (χ1n) is 5.79. The second-order valence-corrected chi connectivity index (χ2v) is 5.27. The van der Waals surface area contributed by atoms with E-state index in [1.165, 1.54) is 0 Å². The minimum absolute atomic E-state index is 0.145. The Balaban J connectivity index is 2.42. The fourth-order valence-electron chi connectivity index (χ4n) is 2.10. The normalized spacial score (nSPS) is 23.0. The topological polar surface area (TPSA) is 52.7 Å². The van der Waals surface area contributed by atoms with Gasteiger partial charge >= 0.3 is 0 Å². The Kier molecular flexibility index (Phi) is 4.52. The van der Waals surface area contributed by atoms with Crippen LogP contribution in [0.1, 0.15) is 20.8 Å². The molecule has 1 aliphatic rings. The lowest BCUT2D eigenvalue weighted by atomic mass is 10.0. The number of aliphatic hydroxyl groups is 1. The first-order chi connectivity index (χ1) is 6.99. The van der Waals surface area contributed by atoms with E-state index in [0.717, 1.165) is 26.2 Å². The van der Waals surface area contributed by atoms with E-state index in [2.05, 4.69) is 30.6 Å². The van der Waals surface area contributed by atoms with Crippen LogP contribution in [0, 0.1) is 0 Å². The number of piperazine rings is 1. The zero-order valence-electron chi connectivity index (χ0n) is 10.2. The van der Waals surface area contributed by atoms with Crippen LogP contribution in [0.4, 0.5) is 0 Å². The molecule has 0 bridgehead atoms. The molecule has 15 heavy (non-hydrogen) atoms. The number of hydrogen-bond donors (Lipinski definition) is 2. The molecule has 4 nitrogen and oxygen atoms in total. The van der Waals surface area contributed by atoms with Crippen LogP contribution in [0.5, 0.6) is 0 Å². The van der Waals surface area contributed by atoms with Gasteiger partial charge in [-0.25, -0.2) is 0 Å². The Morgan fingerprint density at radius 1 is 1.20 bits per heavy atom. The van der Waals surface area contributed by atoms with Gasteiger partial charge in [0.2, 0.25) is 0 Å². The molecular formula is C11H25N3O. The van der Waals surface area contributed by atoms with Crippen molar-refractivity contribution in [3.63, 3.8) is 0 Å². The van der Waals surface area contributed by atoms with E-state index in [9.17, 15) is 0 Å². The number of hydrogen-bond acceptors (Lipinski definition) is 4. The lowest BCUT2D eigenvalue weighted by molar-refractivity contribution is 0.0292. The molecule has 1 rings (SSSR count). The molecule has 0 spiro atoms. The van der Waals surface area contributed by atoms with Crippen LogP contribution < -0.4 is 5.73 Å². The highest BCUT2D eigenvalue weighted by Crippen LogP contribution is 2.16. The van der Waals surface area contributed by atoms with Gasteiger partial charge in [0.1, 0.15) is 0 Å². The molecule has 3 N–H and O–H groups in total. The number of nitrogens with zero attached hydrogens (tertiary/aromatic N) is 2. The molecule has 1 fully saturated rings. The van der Waals surface area contributed by atoms with Crippen molar-refractivity contribution < 1.29 is 5.11 Å². The van der Waals surface area contributed by atoms with Gasteiger partial charge in [0.05, 0.1) is 6.61 Å². The van der Waals surface area contributed by atoms with Crippen molar-refractivity contribution in [2.45, 2.75) is 32.4 Å². The second-order valence-electron chi connectivity index (χ2n) is 5.27. The summed E-state index contributed by atoms with van der Waals surface area (Å²) in [6.45, 7) is 11.6. The maximum absolute atomic E-state index is 9.17. The molecule has 0 saturated carbocycles. The van der Waals surface area contributed by atoms with Crippen molar-refractivity contribution >= 4 is 0 Å². The van der Waals surface area contributed by atoms with Crippen molar-refractivity contribution in [1.29, 1.82) is 0 Å². The van der Waals surface area contributed by atoms with Crippen molar-refractivity contribution in [2.75, 3.05) is 39.3 Å². The predicted octanol–water partition coefficient (Wildman–Crippen LogP) is -0.278. The Labute approximate surface area is 93.0 Å². The van der Waals surface area contributed by atoms with Crippen molar-refractivity contribution in [3.8, 4) is 0 Å². The van der Waals surface area contributed by atoms with Gasteiger partial charge in [0, 0.05) is 44.3 Å².